The van der Waals surface area contributed by atoms with Crippen molar-refractivity contribution in [1.82, 2.24) is 20.4 Å². The van der Waals surface area contributed by atoms with Gasteiger partial charge in [0.25, 0.3) is 5.91 Å². The van der Waals surface area contributed by atoms with Crippen LogP contribution in [0.15, 0.2) is 30.3 Å². The first-order chi connectivity index (χ1) is 12.7. The second-order valence-corrected chi connectivity index (χ2v) is 7.17. The first kappa shape index (κ1) is 18.9. The Balaban J connectivity index is 1.33. The van der Waals surface area contributed by atoms with Crippen LogP contribution in [0.3, 0.4) is 0 Å². The fraction of sp³-hybridized carbons (Fsp3) is 0.600. The molecule has 2 aliphatic rings. The summed E-state index contributed by atoms with van der Waals surface area (Å²) < 4.78 is 0. The molecule has 2 amide bonds. The number of carbonyl (C=O) groups is 2. The van der Waals surface area contributed by atoms with Gasteiger partial charge in [0.05, 0.1) is 0 Å². The molecule has 2 heterocycles. The molecule has 142 valence electrons. The zero-order valence-electron chi connectivity index (χ0n) is 15.5. The van der Waals surface area contributed by atoms with Crippen LogP contribution in [0, 0.1) is 5.92 Å². The Morgan fingerprint density at radius 1 is 1.04 bits per heavy atom. The Labute approximate surface area is 155 Å². The average molecular weight is 358 g/mol. The van der Waals surface area contributed by atoms with E-state index in [1.165, 1.54) is 0 Å². The van der Waals surface area contributed by atoms with Gasteiger partial charge in [0.15, 0.2) is 0 Å². The Kier molecular flexibility index (Phi) is 7.03. The van der Waals surface area contributed by atoms with Crippen molar-refractivity contribution in [1.29, 1.82) is 0 Å². The Bertz CT molecular complexity index is 579. The van der Waals surface area contributed by atoms with Crippen molar-refractivity contribution in [3.63, 3.8) is 0 Å². The first-order valence-electron chi connectivity index (χ1n) is 9.79. The summed E-state index contributed by atoms with van der Waals surface area (Å²) in [6.45, 7) is 7.43. The third kappa shape index (κ3) is 5.29. The molecule has 2 aliphatic heterocycles. The molecule has 1 aromatic carbocycles. The van der Waals surface area contributed by atoms with Crippen LogP contribution in [0.2, 0.25) is 0 Å². The standard InChI is InChI=1S/C20H30N4O2/c25-19(22-9-4-12-23-15-10-21-11-16-23)17-7-13-24(14-8-17)20(26)18-5-2-1-3-6-18/h1-3,5-6,17,21H,4,7-16H2,(H,22,25). The van der Waals surface area contributed by atoms with Crippen LogP contribution in [0.1, 0.15) is 29.6 Å². The molecule has 2 N–H and O–H groups in total. The van der Waals surface area contributed by atoms with Crippen molar-refractivity contribution >= 4 is 11.8 Å². The van der Waals surface area contributed by atoms with Crippen LogP contribution in [0.4, 0.5) is 0 Å². The predicted octanol–water partition coefficient (Wildman–Crippen LogP) is 0.950. The minimum absolute atomic E-state index is 0.0361. The second-order valence-electron chi connectivity index (χ2n) is 7.17. The van der Waals surface area contributed by atoms with Crippen LogP contribution in [0.25, 0.3) is 0 Å². The number of nitrogens with zero attached hydrogens (tertiary/aromatic N) is 2. The van der Waals surface area contributed by atoms with Gasteiger partial charge in [0.2, 0.25) is 5.91 Å². The quantitative estimate of drug-likeness (QED) is 0.743. The number of amides is 2. The number of piperidine rings is 1. The zero-order chi connectivity index (χ0) is 18.2. The van der Waals surface area contributed by atoms with E-state index in [9.17, 15) is 9.59 Å². The number of nitrogens with one attached hydrogen (secondary N) is 2. The summed E-state index contributed by atoms with van der Waals surface area (Å²) in [7, 11) is 0. The highest BCUT2D eigenvalue weighted by Gasteiger charge is 2.27. The molecule has 0 aromatic heterocycles. The van der Waals surface area contributed by atoms with Crippen LogP contribution in [-0.2, 0) is 4.79 Å². The van der Waals surface area contributed by atoms with E-state index in [1.54, 1.807) is 0 Å². The van der Waals surface area contributed by atoms with Crippen molar-refractivity contribution in [3.8, 4) is 0 Å². The van der Waals surface area contributed by atoms with Crippen LogP contribution in [0.5, 0.6) is 0 Å². The Morgan fingerprint density at radius 3 is 2.42 bits per heavy atom. The van der Waals surface area contributed by atoms with E-state index >= 15 is 0 Å². The summed E-state index contributed by atoms with van der Waals surface area (Å²) >= 11 is 0. The Hall–Kier alpha value is -1.92. The van der Waals surface area contributed by atoms with Gasteiger partial charge in [-0.05, 0) is 37.9 Å². The summed E-state index contributed by atoms with van der Waals surface area (Å²) in [6.07, 6.45) is 2.50. The lowest BCUT2D eigenvalue weighted by Gasteiger charge is -2.31. The van der Waals surface area contributed by atoms with Gasteiger partial charge in [0.1, 0.15) is 0 Å². The average Bonchev–Trinajstić information content (AvgIpc) is 2.72. The smallest absolute Gasteiger partial charge is 0.253 e. The van der Waals surface area contributed by atoms with E-state index in [2.05, 4.69) is 15.5 Å². The van der Waals surface area contributed by atoms with Gasteiger partial charge in [-0.2, -0.15) is 0 Å². The number of carbonyl (C=O) groups excluding carboxylic acids is 2. The lowest BCUT2D eigenvalue weighted by Crippen LogP contribution is -2.45. The summed E-state index contributed by atoms with van der Waals surface area (Å²) in [6, 6.07) is 9.37. The summed E-state index contributed by atoms with van der Waals surface area (Å²) in [4.78, 5) is 29.1. The number of piperazine rings is 1. The maximum absolute atomic E-state index is 12.5. The van der Waals surface area contributed by atoms with Crippen molar-refractivity contribution in [2.45, 2.75) is 19.3 Å². The zero-order valence-corrected chi connectivity index (χ0v) is 15.5. The van der Waals surface area contributed by atoms with E-state index in [4.69, 9.17) is 0 Å². The second kappa shape index (κ2) is 9.69. The van der Waals surface area contributed by atoms with Crippen LogP contribution < -0.4 is 10.6 Å². The lowest BCUT2D eigenvalue weighted by molar-refractivity contribution is -0.126. The predicted molar refractivity (Wildman–Crippen MR) is 102 cm³/mol. The van der Waals surface area contributed by atoms with Crippen molar-refractivity contribution in [2.75, 3.05) is 52.4 Å². The normalized spacial score (nSPS) is 19.3. The van der Waals surface area contributed by atoms with E-state index in [1.807, 2.05) is 35.2 Å². The van der Waals surface area contributed by atoms with Gasteiger partial charge in [-0.25, -0.2) is 0 Å². The van der Waals surface area contributed by atoms with Gasteiger partial charge in [0, 0.05) is 57.3 Å². The highest BCUT2D eigenvalue weighted by molar-refractivity contribution is 5.94. The highest BCUT2D eigenvalue weighted by Crippen LogP contribution is 2.19. The molecule has 6 heteroatoms. The lowest BCUT2D eigenvalue weighted by atomic mass is 9.95. The minimum atomic E-state index is 0.0361. The van der Waals surface area contributed by atoms with Crippen molar-refractivity contribution < 1.29 is 9.59 Å². The summed E-state index contributed by atoms with van der Waals surface area (Å²) in [5.74, 6) is 0.256. The molecule has 6 nitrogen and oxygen atoms in total. The molecule has 0 bridgehead atoms. The summed E-state index contributed by atoms with van der Waals surface area (Å²) in [5, 5.41) is 6.43. The fourth-order valence-electron chi connectivity index (χ4n) is 3.70. The van der Waals surface area contributed by atoms with Crippen LogP contribution in [-0.4, -0.2) is 74.0 Å². The number of likely N-dealkylation sites (tertiary alicyclic amines) is 1. The molecule has 26 heavy (non-hydrogen) atoms. The van der Waals surface area contributed by atoms with Gasteiger partial charge in [-0.3, -0.25) is 9.59 Å². The molecule has 1 aromatic rings. The topological polar surface area (TPSA) is 64.7 Å². The van der Waals surface area contributed by atoms with Gasteiger partial charge in [-0.1, -0.05) is 18.2 Å². The number of benzene rings is 1. The molecule has 0 spiro atoms. The van der Waals surface area contributed by atoms with Crippen molar-refractivity contribution in [3.05, 3.63) is 35.9 Å². The molecule has 2 fully saturated rings. The third-order valence-corrected chi connectivity index (χ3v) is 5.33. The Morgan fingerprint density at radius 2 is 1.73 bits per heavy atom. The van der Waals surface area contributed by atoms with Gasteiger partial charge in [-0.15, -0.1) is 0 Å². The maximum atomic E-state index is 12.5. The largest absolute Gasteiger partial charge is 0.356 e. The molecular formula is C20H30N4O2. The number of hydrogen-bond donors (Lipinski definition) is 2. The fourth-order valence-corrected chi connectivity index (χ4v) is 3.70. The van der Waals surface area contributed by atoms with E-state index in [0.29, 0.717) is 13.1 Å². The van der Waals surface area contributed by atoms with E-state index in [0.717, 1.165) is 64.1 Å². The van der Waals surface area contributed by atoms with E-state index in [-0.39, 0.29) is 17.7 Å². The minimum Gasteiger partial charge on any atom is -0.356 e. The van der Waals surface area contributed by atoms with E-state index < -0.39 is 0 Å². The molecule has 3 rings (SSSR count). The van der Waals surface area contributed by atoms with Gasteiger partial charge < -0.3 is 20.4 Å². The molecule has 0 aliphatic carbocycles. The molecule has 0 unspecified atom stereocenters. The molecular weight excluding hydrogens is 328 g/mol. The number of hydrogen-bond acceptors (Lipinski definition) is 4. The third-order valence-electron chi connectivity index (χ3n) is 5.33. The molecule has 0 radical (unpaired) electrons. The SMILES string of the molecule is O=C(NCCCN1CCNCC1)C1CCN(C(=O)c2ccccc2)CC1. The molecule has 2 saturated heterocycles. The number of rotatable bonds is 6. The van der Waals surface area contributed by atoms with Gasteiger partial charge >= 0.3 is 0 Å². The molecule has 0 saturated carbocycles. The summed E-state index contributed by atoms with van der Waals surface area (Å²) in [5.41, 5.74) is 0.725. The van der Waals surface area contributed by atoms with Crippen LogP contribution >= 0.6 is 0 Å². The highest BCUT2D eigenvalue weighted by atomic mass is 16.2. The molecule has 0 atom stereocenters. The van der Waals surface area contributed by atoms with Crippen molar-refractivity contribution in [2.24, 2.45) is 5.92 Å². The monoisotopic (exact) mass is 358 g/mol. The maximum Gasteiger partial charge on any atom is 0.253 e. The first-order valence-corrected chi connectivity index (χ1v) is 9.79.